The number of hydrogen-bond acceptors (Lipinski definition) is 5. The van der Waals surface area contributed by atoms with Crippen LogP contribution in [0.5, 0.6) is 0 Å². The van der Waals surface area contributed by atoms with Crippen LogP contribution in [0.15, 0.2) is 0 Å². The van der Waals surface area contributed by atoms with Crippen molar-refractivity contribution >= 4 is 28.4 Å². The number of carboxylic acid groups (broad SMARTS) is 1. The molecule has 0 aliphatic carbocycles. The molecule has 0 aliphatic rings. The first-order chi connectivity index (χ1) is 8.26. The summed E-state index contributed by atoms with van der Waals surface area (Å²) in [6.45, 7) is 5.15. The lowest BCUT2D eigenvalue weighted by atomic mass is 10.1. The molecule has 0 saturated heterocycles. The molecule has 0 saturated carbocycles. The highest BCUT2D eigenvalue weighted by Crippen LogP contribution is 2.25. The van der Waals surface area contributed by atoms with Crippen molar-refractivity contribution in [3.8, 4) is 0 Å². The minimum atomic E-state index is -1.09. The molecule has 6 nitrogen and oxygen atoms in total. The number of nitrogens with zero attached hydrogens (tertiary/aromatic N) is 1. The third-order valence-corrected chi connectivity index (χ3v) is 3.32. The summed E-state index contributed by atoms with van der Waals surface area (Å²) < 4.78 is 9.06. The molecule has 0 aliphatic heterocycles. The number of rotatable bonds is 5. The summed E-state index contributed by atoms with van der Waals surface area (Å²) in [7, 11) is 1.52. The van der Waals surface area contributed by atoms with Gasteiger partial charge >= 0.3 is 5.97 Å². The van der Waals surface area contributed by atoms with Crippen molar-refractivity contribution in [1.82, 2.24) is 4.37 Å². The number of carbonyl (C=O) groups is 2. The van der Waals surface area contributed by atoms with E-state index in [4.69, 9.17) is 9.84 Å². The number of amides is 1. The molecular formula is C11H16N2O4S. The SMILES string of the molecule is COC(C)(C)CC(=O)Nc1snc(C)c1C(=O)O. The van der Waals surface area contributed by atoms with E-state index in [-0.39, 0.29) is 22.9 Å². The summed E-state index contributed by atoms with van der Waals surface area (Å²) in [5, 5.41) is 11.8. The molecule has 0 bridgehead atoms. The van der Waals surface area contributed by atoms with Crippen LogP contribution in [-0.2, 0) is 9.53 Å². The summed E-state index contributed by atoms with van der Waals surface area (Å²) in [5.74, 6) is -1.39. The Kier molecular flexibility index (Phi) is 4.42. The van der Waals surface area contributed by atoms with Crippen LogP contribution in [0.2, 0.25) is 0 Å². The summed E-state index contributed by atoms with van der Waals surface area (Å²) in [6, 6.07) is 0. The van der Waals surface area contributed by atoms with E-state index in [0.29, 0.717) is 5.69 Å². The molecule has 1 aromatic rings. The zero-order valence-electron chi connectivity index (χ0n) is 10.7. The first kappa shape index (κ1) is 14.6. The number of nitrogens with one attached hydrogen (secondary N) is 1. The Morgan fingerprint density at radius 2 is 2.11 bits per heavy atom. The number of carbonyl (C=O) groups excluding carboxylic acids is 1. The summed E-state index contributed by atoms with van der Waals surface area (Å²) in [5.41, 5.74) is -0.148. The van der Waals surface area contributed by atoms with E-state index in [1.807, 2.05) is 0 Å². The second-order valence-corrected chi connectivity index (χ2v) is 5.24. The molecule has 0 aromatic carbocycles. The zero-order valence-corrected chi connectivity index (χ0v) is 11.6. The molecule has 1 rings (SSSR count). The van der Waals surface area contributed by atoms with E-state index in [2.05, 4.69) is 9.69 Å². The fraction of sp³-hybridized carbons (Fsp3) is 0.545. The van der Waals surface area contributed by atoms with Crippen molar-refractivity contribution in [2.45, 2.75) is 32.8 Å². The van der Waals surface area contributed by atoms with Gasteiger partial charge in [-0.3, -0.25) is 4.79 Å². The highest BCUT2D eigenvalue weighted by molar-refractivity contribution is 7.11. The first-order valence-corrected chi connectivity index (χ1v) is 6.09. The van der Waals surface area contributed by atoms with Crippen LogP contribution in [0.25, 0.3) is 0 Å². The molecule has 0 atom stereocenters. The Hall–Kier alpha value is -1.47. The molecule has 0 spiro atoms. The predicted octanol–water partition coefficient (Wildman–Crippen LogP) is 1.90. The van der Waals surface area contributed by atoms with Crippen LogP contribution in [0.3, 0.4) is 0 Å². The van der Waals surface area contributed by atoms with E-state index in [0.717, 1.165) is 11.5 Å². The monoisotopic (exact) mass is 272 g/mol. The first-order valence-electron chi connectivity index (χ1n) is 5.31. The number of hydrogen-bond donors (Lipinski definition) is 2. The van der Waals surface area contributed by atoms with Crippen molar-refractivity contribution in [1.29, 1.82) is 0 Å². The standard InChI is InChI=1S/C11H16N2O4S/c1-6-8(10(15)16)9(18-13-6)12-7(14)5-11(2,3)17-4/h5H2,1-4H3,(H,12,14)(H,15,16). The van der Waals surface area contributed by atoms with E-state index in [1.165, 1.54) is 7.11 Å². The van der Waals surface area contributed by atoms with E-state index in [9.17, 15) is 9.59 Å². The number of carboxylic acids is 1. The van der Waals surface area contributed by atoms with Gasteiger partial charge in [0, 0.05) is 7.11 Å². The maximum Gasteiger partial charge on any atom is 0.340 e. The van der Waals surface area contributed by atoms with Gasteiger partial charge < -0.3 is 15.2 Å². The van der Waals surface area contributed by atoms with E-state index in [1.54, 1.807) is 20.8 Å². The number of methoxy groups -OCH3 is 1. The Balaban J connectivity index is 2.80. The molecule has 1 amide bonds. The normalized spacial score (nSPS) is 11.3. The van der Waals surface area contributed by atoms with Gasteiger partial charge in [0.15, 0.2) is 0 Å². The van der Waals surface area contributed by atoms with Gasteiger partial charge in [-0.1, -0.05) is 0 Å². The van der Waals surface area contributed by atoms with Crippen LogP contribution in [-0.4, -0.2) is 34.1 Å². The van der Waals surface area contributed by atoms with E-state index < -0.39 is 11.6 Å². The minimum absolute atomic E-state index is 0.0450. The molecule has 1 aromatic heterocycles. The Labute approximate surface area is 109 Å². The van der Waals surface area contributed by atoms with Gasteiger partial charge in [0.1, 0.15) is 10.6 Å². The van der Waals surface area contributed by atoms with Crippen LogP contribution < -0.4 is 5.32 Å². The molecule has 7 heteroatoms. The average molecular weight is 272 g/mol. The molecule has 0 unspecified atom stereocenters. The van der Waals surface area contributed by atoms with Crippen LogP contribution in [0.1, 0.15) is 36.3 Å². The van der Waals surface area contributed by atoms with Crippen molar-refractivity contribution in [3.05, 3.63) is 11.3 Å². The van der Waals surface area contributed by atoms with Crippen molar-refractivity contribution in [2.24, 2.45) is 0 Å². The molecule has 1 heterocycles. The quantitative estimate of drug-likeness (QED) is 0.854. The van der Waals surface area contributed by atoms with Gasteiger partial charge in [0.2, 0.25) is 5.91 Å². The number of aromatic nitrogens is 1. The van der Waals surface area contributed by atoms with Crippen LogP contribution in [0.4, 0.5) is 5.00 Å². The average Bonchev–Trinajstić information content (AvgIpc) is 2.58. The summed E-state index contributed by atoms with van der Waals surface area (Å²) >= 11 is 0.963. The lowest BCUT2D eigenvalue weighted by molar-refractivity contribution is -0.121. The van der Waals surface area contributed by atoms with E-state index >= 15 is 0 Å². The molecule has 0 radical (unpaired) electrons. The number of ether oxygens (including phenoxy) is 1. The fourth-order valence-corrected chi connectivity index (χ4v) is 2.14. The Morgan fingerprint density at radius 1 is 1.50 bits per heavy atom. The van der Waals surface area contributed by atoms with Crippen LogP contribution >= 0.6 is 11.5 Å². The molecule has 18 heavy (non-hydrogen) atoms. The number of aromatic carboxylic acids is 1. The Morgan fingerprint density at radius 3 is 2.61 bits per heavy atom. The molecule has 2 N–H and O–H groups in total. The minimum Gasteiger partial charge on any atom is -0.478 e. The van der Waals surface area contributed by atoms with Gasteiger partial charge in [-0.2, -0.15) is 4.37 Å². The second kappa shape index (κ2) is 5.45. The van der Waals surface area contributed by atoms with Crippen molar-refractivity contribution in [2.75, 3.05) is 12.4 Å². The maximum absolute atomic E-state index is 11.8. The van der Waals surface area contributed by atoms with Crippen LogP contribution in [0, 0.1) is 6.92 Å². The topological polar surface area (TPSA) is 88.5 Å². The van der Waals surface area contributed by atoms with Crippen molar-refractivity contribution < 1.29 is 19.4 Å². The van der Waals surface area contributed by atoms with Gasteiger partial charge in [0.25, 0.3) is 0 Å². The van der Waals surface area contributed by atoms with Gasteiger partial charge in [-0.25, -0.2) is 4.79 Å². The lowest BCUT2D eigenvalue weighted by Crippen LogP contribution is -2.29. The fourth-order valence-electron chi connectivity index (χ4n) is 1.34. The molecule has 0 fully saturated rings. The van der Waals surface area contributed by atoms with Gasteiger partial charge in [-0.15, -0.1) is 0 Å². The van der Waals surface area contributed by atoms with Gasteiger partial charge in [0.05, 0.1) is 17.7 Å². The Bertz CT molecular complexity index is 468. The smallest absolute Gasteiger partial charge is 0.340 e. The molecule has 100 valence electrons. The third kappa shape index (κ3) is 3.51. The number of aryl methyl sites for hydroxylation is 1. The van der Waals surface area contributed by atoms with Gasteiger partial charge in [-0.05, 0) is 32.3 Å². The summed E-state index contributed by atoms with van der Waals surface area (Å²) in [4.78, 5) is 22.8. The summed E-state index contributed by atoms with van der Waals surface area (Å²) in [6.07, 6.45) is 0.138. The second-order valence-electron chi connectivity index (χ2n) is 4.47. The largest absolute Gasteiger partial charge is 0.478 e. The third-order valence-electron chi connectivity index (χ3n) is 2.47. The maximum atomic E-state index is 11.8. The zero-order chi connectivity index (χ0) is 13.9. The van der Waals surface area contributed by atoms with Crippen molar-refractivity contribution in [3.63, 3.8) is 0 Å². The lowest BCUT2D eigenvalue weighted by Gasteiger charge is -2.21. The highest BCUT2D eigenvalue weighted by atomic mass is 32.1. The highest BCUT2D eigenvalue weighted by Gasteiger charge is 2.24. The predicted molar refractivity (Wildman–Crippen MR) is 68.1 cm³/mol. The molecular weight excluding hydrogens is 256 g/mol. The number of anilines is 1.